The fourth-order valence-electron chi connectivity index (χ4n) is 5.19. The van der Waals surface area contributed by atoms with E-state index in [1.54, 1.807) is 0 Å². The summed E-state index contributed by atoms with van der Waals surface area (Å²) < 4.78 is 6.06. The Kier molecular flexibility index (Phi) is 8.70. The number of allylic oxidation sites excluding steroid dienone is 2. The Hall–Kier alpha value is -2.38. The van der Waals surface area contributed by atoms with Gasteiger partial charge in [0.2, 0.25) is 5.91 Å². The van der Waals surface area contributed by atoms with Crippen molar-refractivity contribution in [2.24, 2.45) is 17.6 Å². The van der Waals surface area contributed by atoms with E-state index < -0.39 is 5.97 Å². The zero-order chi connectivity index (χ0) is 23.1. The van der Waals surface area contributed by atoms with Gasteiger partial charge in [0.05, 0.1) is 6.10 Å². The molecule has 7 nitrogen and oxygen atoms in total. The van der Waals surface area contributed by atoms with Gasteiger partial charge in [-0.05, 0) is 51.0 Å². The molecule has 1 saturated heterocycles. The van der Waals surface area contributed by atoms with Crippen molar-refractivity contribution < 1.29 is 19.4 Å². The number of aliphatic carboxylic acids is 1. The standard InChI is InChI=1S/C25H37N3O4/c1-17(2)32-23-10-6-5-9-20(23)21-16-28(14-13-27-21)22(11-12-24(26)29)19-8-4-3-7-18(19)15-25(30)31/h3-6,9-10,17-19,21-22,27H,7-8,11-16H2,1-2H3,(H2,26,29)(H,30,31). The largest absolute Gasteiger partial charge is 0.491 e. The maximum Gasteiger partial charge on any atom is 0.303 e. The molecule has 32 heavy (non-hydrogen) atoms. The minimum atomic E-state index is -0.762. The SMILES string of the molecule is CC(C)Oc1ccccc1C1CN(C(CCC(N)=O)C2CC=CCC2CC(=O)O)CCN1. The highest BCUT2D eigenvalue weighted by Gasteiger charge is 2.37. The van der Waals surface area contributed by atoms with Crippen molar-refractivity contribution in [2.45, 2.75) is 64.1 Å². The molecule has 1 amide bonds. The van der Waals surface area contributed by atoms with Crippen molar-refractivity contribution in [3.05, 3.63) is 42.0 Å². The van der Waals surface area contributed by atoms with E-state index >= 15 is 0 Å². The number of primary amides is 1. The van der Waals surface area contributed by atoms with Gasteiger partial charge in [0.15, 0.2) is 0 Å². The summed E-state index contributed by atoms with van der Waals surface area (Å²) in [5.41, 5.74) is 6.64. The van der Waals surface area contributed by atoms with Crippen LogP contribution in [0.4, 0.5) is 0 Å². The summed E-state index contributed by atoms with van der Waals surface area (Å²) in [4.78, 5) is 25.6. The number of carbonyl (C=O) groups is 2. The average molecular weight is 444 g/mol. The molecule has 3 rings (SSSR count). The van der Waals surface area contributed by atoms with Gasteiger partial charge >= 0.3 is 5.97 Å². The molecule has 1 aromatic carbocycles. The van der Waals surface area contributed by atoms with Gasteiger partial charge in [0, 0.05) is 50.1 Å². The van der Waals surface area contributed by atoms with Crippen molar-refractivity contribution >= 4 is 11.9 Å². The number of carboxylic acids is 1. The number of nitrogens with one attached hydrogen (secondary N) is 1. The van der Waals surface area contributed by atoms with E-state index in [1.165, 1.54) is 0 Å². The van der Waals surface area contributed by atoms with E-state index in [2.05, 4.69) is 28.4 Å². The number of hydrogen-bond acceptors (Lipinski definition) is 5. The van der Waals surface area contributed by atoms with Crippen LogP contribution in [0.25, 0.3) is 0 Å². The molecule has 0 spiro atoms. The van der Waals surface area contributed by atoms with Crippen LogP contribution in [0.15, 0.2) is 36.4 Å². The second-order valence-electron chi connectivity index (χ2n) is 9.24. The van der Waals surface area contributed by atoms with Gasteiger partial charge in [0.25, 0.3) is 0 Å². The maximum atomic E-state index is 11.6. The Labute approximate surface area is 191 Å². The van der Waals surface area contributed by atoms with Gasteiger partial charge in [-0.25, -0.2) is 0 Å². The highest BCUT2D eigenvalue weighted by Crippen LogP contribution is 2.37. The van der Waals surface area contributed by atoms with Crippen molar-refractivity contribution in [1.29, 1.82) is 0 Å². The second-order valence-corrected chi connectivity index (χ2v) is 9.24. The molecule has 0 radical (unpaired) electrons. The summed E-state index contributed by atoms with van der Waals surface area (Å²) in [6, 6.07) is 8.35. The molecule has 1 aliphatic heterocycles. The average Bonchev–Trinajstić information content (AvgIpc) is 2.74. The maximum absolute atomic E-state index is 11.6. The molecule has 176 valence electrons. The molecule has 7 heteroatoms. The summed E-state index contributed by atoms with van der Waals surface area (Å²) in [5.74, 6) is 0.0805. The topological polar surface area (TPSA) is 105 Å². The third-order valence-corrected chi connectivity index (χ3v) is 6.57. The molecule has 0 aromatic heterocycles. The van der Waals surface area contributed by atoms with Crippen molar-refractivity contribution in [3.63, 3.8) is 0 Å². The van der Waals surface area contributed by atoms with Crippen LogP contribution in [0.1, 0.15) is 57.6 Å². The van der Waals surface area contributed by atoms with Crippen molar-refractivity contribution in [2.75, 3.05) is 19.6 Å². The first-order valence-electron chi connectivity index (χ1n) is 11.7. The summed E-state index contributed by atoms with van der Waals surface area (Å²) in [5, 5.41) is 13.1. The number of amides is 1. The molecule has 1 aromatic rings. The first kappa shape index (κ1) is 24.3. The number of para-hydroxylation sites is 1. The molecule has 4 atom stereocenters. The minimum Gasteiger partial charge on any atom is -0.491 e. The summed E-state index contributed by atoms with van der Waals surface area (Å²) >= 11 is 0. The lowest BCUT2D eigenvalue weighted by molar-refractivity contribution is -0.139. The molecule has 1 heterocycles. The Morgan fingerprint density at radius 3 is 2.72 bits per heavy atom. The first-order chi connectivity index (χ1) is 15.3. The lowest BCUT2D eigenvalue weighted by atomic mass is 9.74. The van der Waals surface area contributed by atoms with Gasteiger partial charge in [-0.3, -0.25) is 14.5 Å². The van der Waals surface area contributed by atoms with E-state index in [9.17, 15) is 14.7 Å². The van der Waals surface area contributed by atoms with E-state index in [0.717, 1.165) is 43.8 Å². The van der Waals surface area contributed by atoms with E-state index in [0.29, 0.717) is 12.8 Å². The number of rotatable bonds is 10. The molecule has 0 saturated carbocycles. The van der Waals surface area contributed by atoms with Gasteiger partial charge in [-0.1, -0.05) is 30.4 Å². The highest BCUT2D eigenvalue weighted by molar-refractivity contribution is 5.73. The Bertz CT molecular complexity index is 810. The van der Waals surface area contributed by atoms with Crippen molar-refractivity contribution in [3.8, 4) is 5.75 Å². The quantitative estimate of drug-likeness (QED) is 0.480. The van der Waals surface area contributed by atoms with Crippen LogP contribution in [0.3, 0.4) is 0 Å². The fourth-order valence-corrected chi connectivity index (χ4v) is 5.19. The summed E-state index contributed by atoms with van der Waals surface area (Å²) in [7, 11) is 0. The van der Waals surface area contributed by atoms with Crippen LogP contribution in [0.5, 0.6) is 5.75 Å². The van der Waals surface area contributed by atoms with Gasteiger partial charge in [-0.2, -0.15) is 0 Å². The fraction of sp³-hybridized carbons (Fsp3) is 0.600. The molecular weight excluding hydrogens is 406 g/mol. The normalized spacial score (nSPS) is 24.9. The predicted octanol–water partition coefficient (Wildman–Crippen LogP) is 3.11. The highest BCUT2D eigenvalue weighted by atomic mass is 16.5. The number of carbonyl (C=O) groups excluding carboxylic acids is 1. The molecule has 0 bridgehead atoms. The van der Waals surface area contributed by atoms with Crippen LogP contribution in [-0.4, -0.2) is 53.7 Å². The lowest BCUT2D eigenvalue weighted by Gasteiger charge is -2.45. The number of piperazine rings is 1. The van der Waals surface area contributed by atoms with Gasteiger partial charge in [-0.15, -0.1) is 0 Å². The van der Waals surface area contributed by atoms with Crippen molar-refractivity contribution in [1.82, 2.24) is 10.2 Å². The minimum absolute atomic E-state index is 0.0697. The van der Waals surface area contributed by atoms with Gasteiger partial charge in [0.1, 0.15) is 5.75 Å². The first-order valence-corrected chi connectivity index (χ1v) is 11.7. The molecule has 1 fully saturated rings. The lowest BCUT2D eigenvalue weighted by Crippen LogP contribution is -2.53. The Morgan fingerprint density at radius 1 is 1.25 bits per heavy atom. The van der Waals surface area contributed by atoms with E-state index in [1.807, 2.05) is 32.0 Å². The zero-order valence-electron chi connectivity index (χ0n) is 19.2. The monoisotopic (exact) mass is 443 g/mol. The predicted molar refractivity (Wildman–Crippen MR) is 124 cm³/mol. The molecule has 2 aliphatic rings. The van der Waals surface area contributed by atoms with Crippen LogP contribution < -0.4 is 15.8 Å². The van der Waals surface area contributed by atoms with E-state index in [-0.39, 0.29) is 42.4 Å². The number of benzene rings is 1. The number of hydrogen-bond donors (Lipinski definition) is 3. The molecule has 1 aliphatic carbocycles. The summed E-state index contributed by atoms with van der Waals surface area (Å²) in [6.45, 7) is 6.50. The van der Waals surface area contributed by atoms with E-state index in [4.69, 9.17) is 10.5 Å². The molecule has 4 N–H and O–H groups in total. The Morgan fingerprint density at radius 2 is 2.00 bits per heavy atom. The third-order valence-electron chi connectivity index (χ3n) is 6.57. The number of carboxylic acid groups (broad SMARTS) is 1. The molecule has 4 unspecified atom stereocenters. The summed E-state index contributed by atoms with van der Waals surface area (Å²) in [6.07, 6.45) is 7.06. The number of nitrogens with two attached hydrogens (primary N) is 1. The number of nitrogens with zero attached hydrogens (tertiary/aromatic N) is 1. The zero-order valence-corrected chi connectivity index (χ0v) is 19.2. The number of ether oxygens (including phenoxy) is 1. The van der Waals surface area contributed by atoms with Crippen LogP contribution in [-0.2, 0) is 9.59 Å². The van der Waals surface area contributed by atoms with Gasteiger partial charge < -0.3 is 20.9 Å². The second kappa shape index (κ2) is 11.5. The Balaban J connectivity index is 1.83. The third kappa shape index (κ3) is 6.56. The van der Waals surface area contributed by atoms with Crippen LogP contribution in [0.2, 0.25) is 0 Å². The van der Waals surface area contributed by atoms with Crippen LogP contribution in [0, 0.1) is 11.8 Å². The smallest absolute Gasteiger partial charge is 0.303 e. The van der Waals surface area contributed by atoms with Crippen LogP contribution >= 0.6 is 0 Å². The molecular formula is C25H37N3O4.